The molecule has 0 spiro atoms. The van der Waals surface area contributed by atoms with E-state index in [4.69, 9.17) is 0 Å². The van der Waals surface area contributed by atoms with Gasteiger partial charge in [-0.1, -0.05) is 36.4 Å². The molecule has 20 heavy (non-hydrogen) atoms. The minimum Gasteiger partial charge on any atom is -0.290 e. The lowest BCUT2D eigenvalue weighted by atomic mass is 10.1. The molecule has 0 bridgehead atoms. The predicted octanol–water partition coefficient (Wildman–Crippen LogP) is 3.29. The molecular weight excluding hydrogens is 250 g/mol. The third-order valence-corrected chi connectivity index (χ3v) is 2.97. The Labute approximate surface area is 116 Å². The molecule has 0 saturated carbocycles. The first-order valence-electron chi connectivity index (χ1n) is 6.26. The summed E-state index contributed by atoms with van der Waals surface area (Å²) >= 11 is 0. The van der Waals surface area contributed by atoms with Crippen molar-refractivity contribution in [3.8, 4) is 0 Å². The van der Waals surface area contributed by atoms with Crippen molar-refractivity contribution in [2.75, 3.05) is 0 Å². The Morgan fingerprint density at radius 1 is 1.00 bits per heavy atom. The van der Waals surface area contributed by atoms with E-state index in [1.165, 1.54) is 0 Å². The molecule has 1 heterocycles. The first kappa shape index (κ1) is 12.3. The summed E-state index contributed by atoms with van der Waals surface area (Å²) in [7, 11) is 0. The van der Waals surface area contributed by atoms with Gasteiger partial charge in [0.05, 0.1) is 11.2 Å². The molecule has 0 radical (unpaired) electrons. The molecule has 98 valence electrons. The maximum atomic E-state index is 9.30. The molecule has 0 aliphatic carbocycles. The molecule has 4 nitrogen and oxygen atoms in total. The van der Waals surface area contributed by atoms with Crippen LogP contribution in [0.5, 0.6) is 0 Å². The third-order valence-electron chi connectivity index (χ3n) is 2.97. The number of para-hydroxylation sites is 2. The monoisotopic (exact) mass is 263 g/mol. The second kappa shape index (κ2) is 5.50. The van der Waals surface area contributed by atoms with Crippen LogP contribution in [0.1, 0.15) is 5.56 Å². The van der Waals surface area contributed by atoms with Gasteiger partial charge in [0.1, 0.15) is 0 Å². The van der Waals surface area contributed by atoms with Crippen LogP contribution >= 0.6 is 0 Å². The van der Waals surface area contributed by atoms with Crippen molar-refractivity contribution in [1.29, 1.82) is 0 Å². The van der Waals surface area contributed by atoms with Gasteiger partial charge in [-0.15, -0.1) is 0 Å². The molecule has 4 heteroatoms. The fraction of sp³-hybridized carbons (Fsp3) is 0. The molecule has 0 aliphatic heterocycles. The van der Waals surface area contributed by atoms with Gasteiger partial charge >= 0.3 is 0 Å². The fourth-order valence-corrected chi connectivity index (χ4v) is 1.99. The van der Waals surface area contributed by atoms with Crippen molar-refractivity contribution >= 4 is 22.4 Å². The summed E-state index contributed by atoms with van der Waals surface area (Å²) in [6.07, 6.45) is 1.69. The van der Waals surface area contributed by atoms with Gasteiger partial charge in [0.25, 0.3) is 0 Å². The van der Waals surface area contributed by atoms with Crippen LogP contribution in [-0.4, -0.2) is 16.0 Å². The topological polar surface area (TPSA) is 57.5 Å². The summed E-state index contributed by atoms with van der Waals surface area (Å²) in [5, 5.41) is 10.3. The lowest BCUT2D eigenvalue weighted by Crippen LogP contribution is -2.20. The van der Waals surface area contributed by atoms with E-state index in [0.29, 0.717) is 5.84 Å². The number of nitrogens with one attached hydrogen (secondary N) is 1. The molecule has 3 rings (SSSR count). The van der Waals surface area contributed by atoms with Gasteiger partial charge in [-0.2, -0.15) is 0 Å². The van der Waals surface area contributed by atoms with Crippen molar-refractivity contribution in [3.05, 3.63) is 72.4 Å². The van der Waals surface area contributed by atoms with Crippen LogP contribution < -0.4 is 5.48 Å². The van der Waals surface area contributed by atoms with Crippen molar-refractivity contribution < 1.29 is 5.21 Å². The van der Waals surface area contributed by atoms with E-state index in [9.17, 15) is 5.21 Å². The second-order valence-electron chi connectivity index (χ2n) is 4.32. The first-order chi connectivity index (χ1) is 9.86. The number of fused-ring (bicyclic) bond motifs is 1. The van der Waals surface area contributed by atoms with E-state index in [2.05, 4.69) is 15.5 Å². The Morgan fingerprint density at radius 3 is 2.55 bits per heavy atom. The van der Waals surface area contributed by atoms with E-state index in [0.717, 1.165) is 22.2 Å². The van der Waals surface area contributed by atoms with Gasteiger partial charge in [0.2, 0.25) is 0 Å². The number of rotatable bonds is 2. The van der Waals surface area contributed by atoms with Crippen molar-refractivity contribution in [3.63, 3.8) is 0 Å². The molecule has 2 N–H and O–H groups in total. The average molecular weight is 263 g/mol. The molecule has 0 unspecified atom stereocenters. The van der Waals surface area contributed by atoms with Gasteiger partial charge in [0, 0.05) is 17.1 Å². The summed E-state index contributed by atoms with van der Waals surface area (Å²) in [6, 6.07) is 19.2. The normalized spacial score (nSPS) is 11.6. The number of hydrogen-bond acceptors (Lipinski definition) is 3. The number of nitrogens with zero attached hydrogens (tertiary/aromatic N) is 2. The molecule has 0 atom stereocenters. The van der Waals surface area contributed by atoms with Crippen molar-refractivity contribution in [2.45, 2.75) is 0 Å². The lowest BCUT2D eigenvalue weighted by Gasteiger charge is -2.06. The average Bonchev–Trinajstić information content (AvgIpc) is 2.53. The molecule has 0 amide bonds. The van der Waals surface area contributed by atoms with E-state index >= 15 is 0 Å². The van der Waals surface area contributed by atoms with E-state index < -0.39 is 0 Å². The number of aromatic nitrogens is 1. The lowest BCUT2D eigenvalue weighted by molar-refractivity contribution is 0.235. The molecule has 2 aromatic carbocycles. The Kier molecular flexibility index (Phi) is 3.39. The highest BCUT2D eigenvalue weighted by Gasteiger charge is 2.04. The Bertz CT molecular complexity index is 754. The Hall–Kier alpha value is -2.72. The maximum Gasteiger partial charge on any atom is 0.159 e. The number of hydrogen-bond donors (Lipinski definition) is 2. The smallest absolute Gasteiger partial charge is 0.159 e. The molecule has 0 aliphatic rings. The predicted molar refractivity (Wildman–Crippen MR) is 79.3 cm³/mol. The summed E-state index contributed by atoms with van der Waals surface area (Å²) in [4.78, 5) is 8.73. The summed E-state index contributed by atoms with van der Waals surface area (Å²) < 4.78 is 0. The zero-order chi connectivity index (χ0) is 13.8. The molecule has 0 saturated heterocycles. The minimum atomic E-state index is 0.370. The minimum absolute atomic E-state index is 0.370. The van der Waals surface area contributed by atoms with Gasteiger partial charge in [-0.05, 0) is 24.3 Å². The standard InChI is InChI=1S/C16H13N3O/c20-19-16(18-14-7-2-1-3-8-14)13-10-12-6-4-5-9-15(12)17-11-13/h1-11,20H,(H,18,19). The molecule has 0 fully saturated rings. The summed E-state index contributed by atoms with van der Waals surface area (Å²) in [5.74, 6) is 0.370. The van der Waals surface area contributed by atoms with E-state index in [1.807, 2.05) is 60.7 Å². The Morgan fingerprint density at radius 2 is 1.75 bits per heavy atom. The number of benzene rings is 2. The molecule has 3 aromatic rings. The van der Waals surface area contributed by atoms with Crippen LogP contribution in [0.2, 0.25) is 0 Å². The van der Waals surface area contributed by atoms with Crippen LogP contribution in [0.3, 0.4) is 0 Å². The van der Waals surface area contributed by atoms with Gasteiger partial charge in [0.15, 0.2) is 5.84 Å². The van der Waals surface area contributed by atoms with Crippen LogP contribution in [0.4, 0.5) is 5.69 Å². The second-order valence-corrected chi connectivity index (χ2v) is 4.32. The largest absolute Gasteiger partial charge is 0.290 e. The van der Waals surface area contributed by atoms with Crippen molar-refractivity contribution in [1.82, 2.24) is 10.5 Å². The maximum absolute atomic E-state index is 9.30. The Balaban J connectivity index is 2.05. The van der Waals surface area contributed by atoms with Crippen LogP contribution in [0.25, 0.3) is 10.9 Å². The first-order valence-corrected chi connectivity index (χ1v) is 6.26. The van der Waals surface area contributed by atoms with Crippen LogP contribution in [0.15, 0.2) is 71.9 Å². The highest BCUT2D eigenvalue weighted by Crippen LogP contribution is 2.15. The third kappa shape index (κ3) is 2.50. The van der Waals surface area contributed by atoms with Gasteiger partial charge in [-0.3, -0.25) is 15.7 Å². The van der Waals surface area contributed by atoms with Crippen molar-refractivity contribution in [2.24, 2.45) is 4.99 Å². The van der Waals surface area contributed by atoms with E-state index in [-0.39, 0.29) is 0 Å². The molecule has 1 aromatic heterocycles. The summed E-state index contributed by atoms with van der Waals surface area (Å²) in [5.41, 5.74) is 4.54. The number of amidine groups is 1. The fourth-order valence-electron chi connectivity index (χ4n) is 1.99. The van der Waals surface area contributed by atoms with Gasteiger partial charge in [-0.25, -0.2) is 4.99 Å². The van der Waals surface area contributed by atoms with E-state index in [1.54, 1.807) is 6.20 Å². The van der Waals surface area contributed by atoms with Crippen LogP contribution in [-0.2, 0) is 0 Å². The number of aliphatic imine (C=N–C) groups is 1. The SMILES string of the molecule is ONC(=Nc1ccccc1)c1cnc2ccccc2c1. The summed E-state index contributed by atoms with van der Waals surface area (Å²) in [6.45, 7) is 0. The zero-order valence-corrected chi connectivity index (χ0v) is 10.7. The highest BCUT2D eigenvalue weighted by atomic mass is 16.5. The number of pyridine rings is 1. The number of hydroxylamine groups is 1. The van der Waals surface area contributed by atoms with Gasteiger partial charge < -0.3 is 0 Å². The highest BCUT2D eigenvalue weighted by molar-refractivity contribution is 6.01. The molecular formula is C16H13N3O. The quantitative estimate of drug-likeness (QED) is 0.424. The zero-order valence-electron chi connectivity index (χ0n) is 10.7. The van der Waals surface area contributed by atoms with Crippen LogP contribution in [0, 0.1) is 0 Å².